The lowest BCUT2D eigenvalue weighted by Gasteiger charge is -2.02. The van der Waals surface area contributed by atoms with Crippen molar-refractivity contribution in [3.8, 4) is 17.1 Å². The molecule has 0 aliphatic carbocycles. The molecule has 0 aliphatic rings. The summed E-state index contributed by atoms with van der Waals surface area (Å²) in [4.78, 5) is 8.58. The fourth-order valence-corrected chi connectivity index (χ4v) is 2.12. The molecular formula is C14H13N3O. The van der Waals surface area contributed by atoms with Gasteiger partial charge in [-0.25, -0.2) is 4.98 Å². The summed E-state index contributed by atoms with van der Waals surface area (Å²) in [6.45, 7) is 2.05. The quantitative estimate of drug-likeness (QED) is 0.710. The molecule has 3 aromatic rings. The van der Waals surface area contributed by atoms with Gasteiger partial charge in [0.25, 0.3) is 0 Å². The van der Waals surface area contributed by atoms with Gasteiger partial charge in [0.1, 0.15) is 11.6 Å². The van der Waals surface area contributed by atoms with E-state index in [1.54, 1.807) is 12.3 Å². The van der Waals surface area contributed by atoms with Crippen LogP contribution in [0.5, 0.6) is 5.75 Å². The number of hydrogen-bond donors (Lipinski definition) is 1. The Labute approximate surface area is 105 Å². The number of benzene rings is 1. The van der Waals surface area contributed by atoms with Crippen LogP contribution in [0.4, 0.5) is 0 Å². The van der Waals surface area contributed by atoms with Gasteiger partial charge in [0.15, 0.2) is 0 Å². The van der Waals surface area contributed by atoms with Gasteiger partial charge in [0.2, 0.25) is 0 Å². The first-order valence-corrected chi connectivity index (χ1v) is 5.72. The third kappa shape index (κ3) is 1.62. The van der Waals surface area contributed by atoms with Crippen LogP contribution in [0.2, 0.25) is 0 Å². The van der Waals surface area contributed by atoms with Crippen LogP contribution in [0, 0.1) is 6.92 Å². The fraction of sp³-hybridized carbons (Fsp3) is 0.143. The maximum atomic E-state index is 9.48. The zero-order chi connectivity index (χ0) is 12.7. The Morgan fingerprint density at radius 1 is 1.17 bits per heavy atom. The first-order valence-electron chi connectivity index (χ1n) is 5.72. The van der Waals surface area contributed by atoms with E-state index in [0.29, 0.717) is 0 Å². The Morgan fingerprint density at radius 2 is 2.00 bits per heavy atom. The van der Waals surface area contributed by atoms with E-state index in [1.807, 2.05) is 18.5 Å². The molecule has 0 bridgehead atoms. The van der Waals surface area contributed by atoms with E-state index in [0.717, 1.165) is 22.4 Å². The summed E-state index contributed by atoms with van der Waals surface area (Å²) in [5.41, 5.74) is 4.02. The zero-order valence-corrected chi connectivity index (χ0v) is 10.3. The van der Waals surface area contributed by atoms with Crippen molar-refractivity contribution < 1.29 is 5.11 Å². The van der Waals surface area contributed by atoms with Gasteiger partial charge in [0, 0.05) is 18.8 Å². The van der Waals surface area contributed by atoms with Gasteiger partial charge in [-0.2, -0.15) is 0 Å². The maximum absolute atomic E-state index is 9.48. The average Bonchev–Trinajstić information content (AvgIpc) is 2.66. The van der Waals surface area contributed by atoms with E-state index in [1.165, 1.54) is 11.8 Å². The number of fused-ring (bicyclic) bond motifs is 1. The van der Waals surface area contributed by atoms with Crippen molar-refractivity contribution in [2.24, 2.45) is 7.05 Å². The summed E-state index contributed by atoms with van der Waals surface area (Å²) < 4.78 is 2.01. The van der Waals surface area contributed by atoms with Gasteiger partial charge in [0.05, 0.1) is 17.2 Å². The molecule has 1 aromatic carbocycles. The second-order valence-electron chi connectivity index (χ2n) is 4.42. The number of aryl methyl sites for hydroxylation is 2. The van der Waals surface area contributed by atoms with Crippen molar-refractivity contribution >= 4 is 11.0 Å². The van der Waals surface area contributed by atoms with Crippen LogP contribution in [0.1, 0.15) is 5.56 Å². The predicted molar refractivity (Wildman–Crippen MR) is 70.3 cm³/mol. The SMILES string of the molecule is Cc1ccc2c(c1)nc(-c1cncc(O)c1)n2C. The lowest BCUT2D eigenvalue weighted by atomic mass is 10.2. The van der Waals surface area contributed by atoms with E-state index in [-0.39, 0.29) is 5.75 Å². The number of rotatable bonds is 1. The van der Waals surface area contributed by atoms with Crippen LogP contribution in [0.3, 0.4) is 0 Å². The first-order chi connectivity index (χ1) is 8.65. The Bertz CT molecular complexity index is 731. The lowest BCUT2D eigenvalue weighted by Crippen LogP contribution is -1.92. The summed E-state index contributed by atoms with van der Waals surface area (Å²) in [6, 6.07) is 7.84. The molecular weight excluding hydrogens is 226 g/mol. The van der Waals surface area contributed by atoms with Gasteiger partial charge < -0.3 is 9.67 Å². The van der Waals surface area contributed by atoms with E-state index in [2.05, 4.69) is 28.2 Å². The van der Waals surface area contributed by atoms with Crippen molar-refractivity contribution in [2.45, 2.75) is 6.92 Å². The number of imidazole rings is 1. The molecule has 0 saturated heterocycles. The molecule has 3 rings (SSSR count). The van der Waals surface area contributed by atoms with Crippen LogP contribution in [-0.4, -0.2) is 19.6 Å². The summed E-state index contributed by atoms with van der Waals surface area (Å²) in [5.74, 6) is 0.953. The molecule has 0 amide bonds. The van der Waals surface area contributed by atoms with Crippen LogP contribution in [0.25, 0.3) is 22.4 Å². The van der Waals surface area contributed by atoms with Gasteiger partial charge >= 0.3 is 0 Å². The highest BCUT2D eigenvalue weighted by atomic mass is 16.3. The molecule has 2 heterocycles. The van der Waals surface area contributed by atoms with E-state index in [4.69, 9.17) is 0 Å². The second-order valence-corrected chi connectivity index (χ2v) is 4.42. The number of aromatic hydroxyl groups is 1. The maximum Gasteiger partial charge on any atom is 0.142 e. The Morgan fingerprint density at radius 3 is 2.78 bits per heavy atom. The molecule has 4 heteroatoms. The van der Waals surface area contributed by atoms with Crippen molar-refractivity contribution in [1.29, 1.82) is 0 Å². The summed E-state index contributed by atoms with van der Waals surface area (Å²) in [7, 11) is 1.96. The highest BCUT2D eigenvalue weighted by molar-refractivity contribution is 5.81. The Kier molecular flexibility index (Phi) is 2.30. The third-order valence-corrected chi connectivity index (χ3v) is 3.02. The van der Waals surface area contributed by atoms with Crippen LogP contribution in [0.15, 0.2) is 36.7 Å². The molecule has 0 radical (unpaired) electrons. The molecule has 0 spiro atoms. The Balaban J connectivity index is 2.27. The highest BCUT2D eigenvalue weighted by Crippen LogP contribution is 2.25. The van der Waals surface area contributed by atoms with E-state index >= 15 is 0 Å². The normalized spacial score (nSPS) is 11.0. The monoisotopic (exact) mass is 239 g/mol. The summed E-state index contributed by atoms with van der Waals surface area (Å²) in [6.07, 6.45) is 3.12. The van der Waals surface area contributed by atoms with Crippen molar-refractivity contribution in [2.75, 3.05) is 0 Å². The van der Waals surface area contributed by atoms with Crippen molar-refractivity contribution in [3.63, 3.8) is 0 Å². The fourth-order valence-electron chi connectivity index (χ4n) is 2.12. The standard InChI is InChI=1S/C14H13N3O/c1-9-3-4-13-12(5-9)16-14(17(13)2)10-6-11(18)8-15-7-10/h3-8,18H,1-2H3. The minimum Gasteiger partial charge on any atom is -0.506 e. The molecule has 90 valence electrons. The summed E-state index contributed by atoms with van der Waals surface area (Å²) in [5, 5.41) is 9.48. The first kappa shape index (κ1) is 10.8. The summed E-state index contributed by atoms with van der Waals surface area (Å²) >= 11 is 0. The number of nitrogens with zero attached hydrogens (tertiary/aromatic N) is 3. The minimum atomic E-state index is 0.149. The topological polar surface area (TPSA) is 50.9 Å². The number of aromatic nitrogens is 3. The third-order valence-electron chi connectivity index (χ3n) is 3.02. The molecule has 4 nitrogen and oxygen atoms in total. The van der Waals surface area contributed by atoms with Crippen molar-refractivity contribution in [1.82, 2.24) is 14.5 Å². The largest absolute Gasteiger partial charge is 0.506 e. The van der Waals surface area contributed by atoms with Gasteiger partial charge in [-0.3, -0.25) is 4.98 Å². The minimum absolute atomic E-state index is 0.149. The van der Waals surface area contributed by atoms with Crippen molar-refractivity contribution in [3.05, 3.63) is 42.2 Å². The number of hydrogen-bond acceptors (Lipinski definition) is 3. The van der Waals surface area contributed by atoms with Gasteiger partial charge in [-0.05, 0) is 30.7 Å². The molecule has 0 atom stereocenters. The molecule has 0 unspecified atom stereocenters. The van der Waals surface area contributed by atoms with E-state index in [9.17, 15) is 5.11 Å². The molecule has 0 fully saturated rings. The lowest BCUT2D eigenvalue weighted by molar-refractivity contribution is 0.473. The van der Waals surface area contributed by atoms with Crippen LogP contribution in [-0.2, 0) is 7.05 Å². The molecule has 1 N–H and O–H groups in total. The molecule has 18 heavy (non-hydrogen) atoms. The highest BCUT2D eigenvalue weighted by Gasteiger charge is 2.10. The predicted octanol–water partition coefficient (Wildman–Crippen LogP) is 2.65. The zero-order valence-electron chi connectivity index (χ0n) is 10.3. The smallest absolute Gasteiger partial charge is 0.142 e. The van der Waals surface area contributed by atoms with Crippen LogP contribution >= 0.6 is 0 Å². The van der Waals surface area contributed by atoms with E-state index < -0.39 is 0 Å². The molecule has 2 aromatic heterocycles. The van der Waals surface area contributed by atoms with Gasteiger partial charge in [-0.1, -0.05) is 6.07 Å². The molecule has 0 saturated carbocycles. The van der Waals surface area contributed by atoms with Crippen LogP contribution < -0.4 is 0 Å². The Hall–Kier alpha value is -2.36. The molecule has 0 aliphatic heterocycles. The number of pyridine rings is 1. The second kappa shape index (κ2) is 3.84. The van der Waals surface area contributed by atoms with Gasteiger partial charge in [-0.15, -0.1) is 0 Å². The average molecular weight is 239 g/mol.